The number of carbonyl (C=O) groups excluding carboxylic acids is 1. The molecule has 0 unspecified atom stereocenters. The van der Waals surface area contributed by atoms with E-state index in [4.69, 9.17) is 9.63 Å². The van der Waals surface area contributed by atoms with E-state index in [1.54, 1.807) is 32.0 Å². The number of nitrogens with one attached hydrogen (secondary N) is 1. The Morgan fingerprint density at radius 1 is 1.15 bits per heavy atom. The lowest BCUT2D eigenvalue weighted by Gasteiger charge is -2.11. The molecule has 0 saturated heterocycles. The third-order valence-electron chi connectivity index (χ3n) is 4.19. The molecule has 0 radical (unpaired) electrons. The first-order chi connectivity index (χ1) is 12.3. The van der Waals surface area contributed by atoms with Crippen LogP contribution in [-0.4, -0.2) is 27.1 Å². The highest BCUT2D eigenvalue weighted by Crippen LogP contribution is 2.26. The molecule has 0 saturated carbocycles. The Hall–Kier alpha value is -3.22. The van der Waals surface area contributed by atoms with E-state index in [9.17, 15) is 9.59 Å². The molecule has 26 heavy (non-hydrogen) atoms. The molecule has 0 spiro atoms. The SMILES string of the molecule is Cc1cc(NC(=O)c2cc(C(C)C)nc3onc(C)c23)ccc1C(=O)O. The van der Waals surface area contributed by atoms with Crippen molar-refractivity contribution in [3.8, 4) is 0 Å². The Labute approximate surface area is 150 Å². The maximum Gasteiger partial charge on any atom is 0.335 e. The molecule has 0 aliphatic heterocycles. The van der Waals surface area contributed by atoms with E-state index in [2.05, 4.69) is 15.5 Å². The molecule has 2 N–H and O–H groups in total. The van der Waals surface area contributed by atoms with Crippen LogP contribution in [0.25, 0.3) is 11.1 Å². The summed E-state index contributed by atoms with van der Waals surface area (Å²) in [6.07, 6.45) is 0. The third kappa shape index (κ3) is 3.15. The minimum Gasteiger partial charge on any atom is -0.478 e. The highest BCUT2D eigenvalue weighted by molar-refractivity contribution is 6.12. The topological polar surface area (TPSA) is 105 Å². The van der Waals surface area contributed by atoms with Crippen molar-refractivity contribution in [1.29, 1.82) is 0 Å². The largest absolute Gasteiger partial charge is 0.478 e. The number of amides is 1. The lowest BCUT2D eigenvalue weighted by molar-refractivity contribution is 0.0696. The predicted molar refractivity (Wildman–Crippen MR) is 96.7 cm³/mol. The van der Waals surface area contributed by atoms with Gasteiger partial charge in [-0.15, -0.1) is 0 Å². The summed E-state index contributed by atoms with van der Waals surface area (Å²) < 4.78 is 5.24. The molecule has 2 heterocycles. The van der Waals surface area contributed by atoms with Crippen molar-refractivity contribution in [2.24, 2.45) is 0 Å². The van der Waals surface area contributed by atoms with Gasteiger partial charge in [0.25, 0.3) is 11.6 Å². The lowest BCUT2D eigenvalue weighted by atomic mass is 10.0. The monoisotopic (exact) mass is 353 g/mol. The number of carboxylic acid groups (broad SMARTS) is 1. The standard InChI is InChI=1S/C19H19N3O4/c1-9(2)15-8-14(16-11(4)22-26-18(16)21-15)17(23)20-12-5-6-13(19(24)25)10(3)7-12/h5-9H,1-4H3,(H,20,23)(H,24,25). The molecule has 0 aliphatic rings. The number of anilines is 1. The highest BCUT2D eigenvalue weighted by atomic mass is 16.5. The average Bonchev–Trinajstić information content (AvgIpc) is 2.95. The second-order valence-electron chi connectivity index (χ2n) is 6.49. The summed E-state index contributed by atoms with van der Waals surface area (Å²) in [6.45, 7) is 7.40. The minimum atomic E-state index is -1.00. The van der Waals surface area contributed by atoms with Crippen molar-refractivity contribution in [3.05, 3.63) is 52.3 Å². The average molecular weight is 353 g/mol. The van der Waals surface area contributed by atoms with E-state index in [1.807, 2.05) is 13.8 Å². The Morgan fingerprint density at radius 2 is 1.88 bits per heavy atom. The zero-order chi connectivity index (χ0) is 19.0. The number of aryl methyl sites for hydroxylation is 2. The number of pyridine rings is 1. The number of carboxylic acids is 1. The van der Waals surface area contributed by atoms with Gasteiger partial charge in [0.15, 0.2) is 0 Å². The van der Waals surface area contributed by atoms with E-state index < -0.39 is 5.97 Å². The fraction of sp³-hybridized carbons (Fsp3) is 0.263. The lowest BCUT2D eigenvalue weighted by Crippen LogP contribution is -2.14. The number of nitrogens with zero attached hydrogens (tertiary/aromatic N) is 2. The summed E-state index contributed by atoms with van der Waals surface area (Å²) >= 11 is 0. The molecule has 0 fully saturated rings. The van der Waals surface area contributed by atoms with Crippen LogP contribution < -0.4 is 5.32 Å². The molecule has 0 atom stereocenters. The number of hydrogen-bond donors (Lipinski definition) is 2. The van der Waals surface area contributed by atoms with Gasteiger partial charge in [0.1, 0.15) is 0 Å². The fourth-order valence-corrected chi connectivity index (χ4v) is 2.77. The molecule has 1 amide bonds. The van der Waals surface area contributed by atoms with Gasteiger partial charge in [-0.1, -0.05) is 19.0 Å². The van der Waals surface area contributed by atoms with Gasteiger partial charge < -0.3 is 14.9 Å². The molecule has 0 bridgehead atoms. The number of aromatic nitrogens is 2. The zero-order valence-corrected chi connectivity index (χ0v) is 15.0. The molecule has 3 aromatic rings. The molecule has 0 aliphatic carbocycles. The second-order valence-corrected chi connectivity index (χ2v) is 6.49. The summed E-state index contributed by atoms with van der Waals surface area (Å²) in [7, 11) is 0. The fourth-order valence-electron chi connectivity index (χ4n) is 2.77. The van der Waals surface area contributed by atoms with Crippen molar-refractivity contribution < 1.29 is 19.2 Å². The summed E-state index contributed by atoms with van der Waals surface area (Å²) in [5, 5.41) is 16.4. The Morgan fingerprint density at radius 3 is 2.50 bits per heavy atom. The van der Waals surface area contributed by atoms with Crippen molar-refractivity contribution in [3.63, 3.8) is 0 Å². The van der Waals surface area contributed by atoms with Gasteiger partial charge in [-0.25, -0.2) is 9.78 Å². The molecular formula is C19H19N3O4. The number of hydrogen-bond acceptors (Lipinski definition) is 5. The maximum atomic E-state index is 12.9. The normalized spacial score (nSPS) is 11.1. The van der Waals surface area contributed by atoms with Crippen molar-refractivity contribution in [2.45, 2.75) is 33.6 Å². The molecule has 1 aromatic carbocycles. The van der Waals surface area contributed by atoms with Crippen LogP contribution in [0.1, 0.15) is 57.4 Å². The van der Waals surface area contributed by atoms with Gasteiger partial charge in [-0.3, -0.25) is 4.79 Å². The van der Waals surface area contributed by atoms with E-state index in [0.29, 0.717) is 33.6 Å². The smallest absolute Gasteiger partial charge is 0.335 e. The molecular weight excluding hydrogens is 334 g/mol. The van der Waals surface area contributed by atoms with E-state index in [0.717, 1.165) is 5.69 Å². The van der Waals surface area contributed by atoms with E-state index in [-0.39, 0.29) is 17.4 Å². The number of carbonyl (C=O) groups is 2. The van der Waals surface area contributed by atoms with Crippen LogP contribution in [0, 0.1) is 13.8 Å². The Kier molecular flexibility index (Phi) is 4.46. The van der Waals surface area contributed by atoms with Crippen LogP contribution >= 0.6 is 0 Å². The number of benzene rings is 1. The van der Waals surface area contributed by atoms with E-state index in [1.165, 1.54) is 6.07 Å². The van der Waals surface area contributed by atoms with Gasteiger partial charge in [0.2, 0.25) is 0 Å². The molecule has 134 valence electrons. The van der Waals surface area contributed by atoms with Crippen molar-refractivity contribution in [2.75, 3.05) is 5.32 Å². The van der Waals surface area contributed by atoms with Crippen molar-refractivity contribution in [1.82, 2.24) is 10.1 Å². The Balaban J connectivity index is 2.01. The maximum absolute atomic E-state index is 12.9. The van der Waals surface area contributed by atoms with Crippen LogP contribution in [0.3, 0.4) is 0 Å². The third-order valence-corrected chi connectivity index (χ3v) is 4.19. The molecule has 7 heteroatoms. The number of aromatic carboxylic acids is 1. The van der Waals surface area contributed by atoms with Crippen LogP contribution in [0.15, 0.2) is 28.8 Å². The van der Waals surface area contributed by atoms with Crippen LogP contribution in [0.2, 0.25) is 0 Å². The predicted octanol–water partition coefficient (Wildman–Crippen LogP) is 3.91. The quantitative estimate of drug-likeness (QED) is 0.736. The molecule has 7 nitrogen and oxygen atoms in total. The van der Waals surface area contributed by atoms with Crippen LogP contribution in [0.5, 0.6) is 0 Å². The summed E-state index contributed by atoms with van der Waals surface area (Å²) in [5.74, 6) is -1.21. The van der Waals surface area contributed by atoms with E-state index >= 15 is 0 Å². The van der Waals surface area contributed by atoms with Crippen LogP contribution in [0.4, 0.5) is 5.69 Å². The number of fused-ring (bicyclic) bond motifs is 1. The minimum absolute atomic E-state index is 0.119. The van der Waals surface area contributed by atoms with Crippen molar-refractivity contribution >= 4 is 28.7 Å². The summed E-state index contributed by atoms with van der Waals surface area (Å²) in [4.78, 5) is 28.4. The highest BCUT2D eigenvalue weighted by Gasteiger charge is 2.20. The molecule has 2 aromatic heterocycles. The second kappa shape index (κ2) is 6.59. The molecule has 3 rings (SSSR count). The first-order valence-corrected chi connectivity index (χ1v) is 8.20. The zero-order valence-electron chi connectivity index (χ0n) is 15.0. The van der Waals surface area contributed by atoms with Gasteiger partial charge >= 0.3 is 5.97 Å². The van der Waals surface area contributed by atoms with Crippen LogP contribution in [-0.2, 0) is 0 Å². The Bertz CT molecular complexity index is 1020. The van der Waals surface area contributed by atoms with Gasteiger partial charge in [0.05, 0.1) is 22.2 Å². The number of rotatable bonds is 4. The van der Waals surface area contributed by atoms with Gasteiger partial charge in [-0.2, -0.15) is 0 Å². The van der Waals surface area contributed by atoms with Gasteiger partial charge in [0, 0.05) is 11.4 Å². The summed E-state index contributed by atoms with van der Waals surface area (Å²) in [5.41, 5.74) is 3.36. The first kappa shape index (κ1) is 17.6. The van der Waals surface area contributed by atoms with Gasteiger partial charge in [-0.05, 0) is 49.6 Å². The summed E-state index contributed by atoms with van der Waals surface area (Å²) in [6, 6.07) is 6.41. The first-order valence-electron chi connectivity index (χ1n) is 8.20.